The minimum Gasteiger partial charge on any atom is -0.396 e. The first-order chi connectivity index (χ1) is 15.7. The first kappa shape index (κ1) is 22.6. The predicted octanol–water partition coefficient (Wildman–Crippen LogP) is 4.18. The number of rotatable bonds is 6. The molecule has 2 aromatic carbocycles. The number of nitrogens with zero attached hydrogens (tertiary/aromatic N) is 3. The Balaban J connectivity index is 1.73. The second-order valence-corrected chi connectivity index (χ2v) is 8.17. The van der Waals surface area contributed by atoms with Crippen molar-refractivity contribution < 1.29 is 9.18 Å². The second-order valence-electron chi connectivity index (χ2n) is 7.32. The fourth-order valence-electron chi connectivity index (χ4n) is 3.46. The highest BCUT2D eigenvalue weighted by atomic mass is 35.5. The monoisotopic (exact) mass is 484 g/mol. The normalized spacial score (nSPS) is 11.7. The molecule has 33 heavy (non-hydrogen) atoms. The molecule has 0 aliphatic rings. The molecule has 0 saturated heterocycles. The fourth-order valence-corrected chi connectivity index (χ4v) is 3.80. The summed E-state index contributed by atoms with van der Waals surface area (Å²) in [7, 11) is 0. The van der Waals surface area contributed by atoms with Gasteiger partial charge in [-0.25, -0.2) is 15.2 Å². The lowest BCUT2D eigenvalue weighted by Gasteiger charge is -2.16. The summed E-state index contributed by atoms with van der Waals surface area (Å²) in [6, 6.07) is 14.6. The number of hydrazine groups is 1. The quantitative estimate of drug-likeness (QED) is 0.280. The number of aromatic nitrogens is 2. The van der Waals surface area contributed by atoms with Crippen LogP contribution in [-0.2, 0) is 6.54 Å². The average molecular weight is 485 g/mol. The van der Waals surface area contributed by atoms with Gasteiger partial charge in [0.2, 0.25) is 5.91 Å². The Bertz CT molecular complexity index is 1380. The van der Waals surface area contributed by atoms with Gasteiger partial charge in [0.05, 0.1) is 34.2 Å². The summed E-state index contributed by atoms with van der Waals surface area (Å²) in [4.78, 5) is 16.1. The summed E-state index contributed by atoms with van der Waals surface area (Å²) in [5.74, 6) is 5.12. The molecule has 0 saturated carbocycles. The fraction of sp³-hybridized carbons (Fsp3) is 0.0435. The van der Waals surface area contributed by atoms with E-state index in [1.54, 1.807) is 53.1 Å². The van der Waals surface area contributed by atoms with Crippen LogP contribution >= 0.6 is 23.2 Å². The van der Waals surface area contributed by atoms with E-state index in [1.165, 1.54) is 23.3 Å². The smallest absolute Gasteiger partial charge is 0.250 e. The molecule has 0 fully saturated rings. The third kappa shape index (κ3) is 4.78. The minimum absolute atomic E-state index is 0.202. The SMILES string of the molecule is NC(=O)c1cc(CN(N)/C=C(\N)c2c(-c3ccc(Cl)cc3)nc3cc(F)ccn23)ccc1Cl. The molecule has 2 heterocycles. The number of carbonyl (C=O) groups excluding carboxylic acids is 1. The van der Waals surface area contributed by atoms with Gasteiger partial charge in [0.1, 0.15) is 11.5 Å². The van der Waals surface area contributed by atoms with Crippen molar-refractivity contribution in [2.45, 2.75) is 6.54 Å². The molecule has 0 aliphatic heterocycles. The number of amides is 1. The molecular formula is C23H19Cl2FN6O. The highest BCUT2D eigenvalue weighted by Gasteiger charge is 2.18. The van der Waals surface area contributed by atoms with Gasteiger partial charge in [-0.05, 0) is 35.9 Å². The van der Waals surface area contributed by atoms with Gasteiger partial charge in [0.25, 0.3) is 0 Å². The van der Waals surface area contributed by atoms with E-state index in [-0.39, 0.29) is 17.1 Å². The number of hydrogen-bond acceptors (Lipinski definition) is 5. The number of primary amides is 1. The van der Waals surface area contributed by atoms with Crippen LogP contribution in [0.3, 0.4) is 0 Å². The Morgan fingerprint density at radius 2 is 1.82 bits per heavy atom. The minimum atomic E-state index is -0.633. The average Bonchev–Trinajstić information content (AvgIpc) is 3.14. The van der Waals surface area contributed by atoms with Crippen LogP contribution < -0.4 is 17.3 Å². The van der Waals surface area contributed by atoms with E-state index in [0.29, 0.717) is 33.3 Å². The Morgan fingerprint density at radius 1 is 1.09 bits per heavy atom. The third-order valence-corrected chi connectivity index (χ3v) is 5.53. The van der Waals surface area contributed by atoms with Crippen LogP contribution in [0.2, 0.25) is 10.0 Å². The van der Waals surface area contributed by atoms with Gasteiger partial charge >= 0.3 is 0 Å². The number of hydrogen-bond donors (Lipinski definition) is 3. The van der Waals surface area contributed by atoms with Gasteiger partial charge in [-0.1, -0.05) is 41.4 Å². The molecular weight excluding hydrogens is 466 g/mol. The van der Waals surface area contributed by atoms with E-state index in [0.717, 1.165) is 5.56 Å². The van der Waals surface area contributed by atoms with Crippen LogP contribution in [0.25, 0.3) is 22.6 Å². The molecule has 7 nitrogen and oxygen atoms in total. The van der Waals surface area contributed by atoms with E-state index in [4.69, 9.17) is 40.5 Å². The largest absolute Gasteiger partial charge is 0.396 e. The maximum absolute atomic E-state index is 13.8. The summed E-state index contributed by atoms with van der Waals surface area (Å²) in [5, 5.41) is 2.19. The van der Waals surface area contributed by atoms with E-state index in [9.17, 15) is 9.18 Å². The third-order valence-electron chi connectivity index (χ3n) is 4.95. The van der Waals surface area contributed by atoms with Crippen molar-refractivity contribution >= 4 is 40.5 Å². The topological polar surface area (TPSA) is 116 Å². The molecule has 0 aliphatic carbocycles. The molecule has 2 aromatic heterocycles. The predicted molar refractivity (Wildman–Crippen MR) is 127 cm³/mol. The summed E-state index contributed by atoms with van der Waals surface area (Å²) in [5.41, 5.74) is 15.2. The van der Waals surface area contributed by atoms with Crippen molar-refractivity contribution in [3.8, 4) is 11.3 Å². The maximum atomic E-state index is 13.8. The van der Waals surface area contributed by atoms with Gasteiger partial charge in [-0.15, -0.1) is 0 Å². The molecule has 10 heteroatoms. The van der Waals surface area contributed by atoms with Crippen LogP contribution in [0.15, 0.2) is 67.0 Å². The van der Waals surface area contributed by atoms with Gasteiger partial charge in [-0.2, -0.15) is 0 Å². The van der Waals surface area contributed by atoms with Crippen LogP contribution in [0, 0.1) is 5.82 Å². The van der Waals surface area contributed by atoms with E-state index >= 15 is 0 Å². The van der Waals surface area contributed by atoms with Crippen molar-refractivity contribution in [1.29, 1.82) is 0 Å². The maximum Gasteiger partial charge on any atom is 0.250 e. The molecule has 0 spiro atoms. The van der Waals surface area contributed by atoms with Crippen molar-refractivity contribution in [2.75, 3.05) is 0 Å². The number of benzene rings is 2. The number of fused-ring (bicyclic) bond motifs is 1. The molecule has 0 unspecified atom stereocenters. The highest BCUT2D eigenvalue weighted by Crippen LogP contribution is 2.29. The molecule has 168 valence electrons. The number of nitrogens with two attached hydrogens (primary N) is 3. The summed E-state index contributed by atoms with van der Waals surface area (Å²) in [6.45, 7) is 0.222. The van der Waals surface area contributed by atoms with Crippen molar-refractivity contribution in [1.82, 2.24) is 14.4 Å². The Hall–Kier alpha value is -3.59. The molecule has 0 atom stereocenters. The first-order valence-electron chi connectivity index (χ1n) is 9.73. The number of carbonyl (C=O) groups is 1. The summed E-state index contributed by atoms with van der Waals surface area (Å²) >= 11 is 12.0. The number of pyridine rings is 1. The van der Waals surface area contributed by atoms with Crippen molar-refractivity contribution in [3.05, 3.63) is 99.7 Å². The molecule has 1 amide bonds. The lowest BCUT2D eigenvalue weighted by atomic mass is 10.1. The van der Waals surface area contributed by atoms with Gasteiger partial charge in [0.15, 0.2) is 0 Å². The summed E-state index contributed by atoms with van der Waals surface area (Å²) < 4.78 is 15.5. The van der Waals surface area contributed by atoms with Crippen molar-refractivity contribution in [2.24, 2.45) is 17.3 Å². The Labute approximate surface area is 198 Å². The van der Waals surface area contributed by atoms with E-state index < -0.39 is 11.7 Å². The van der Waals surface area contributed by atoms with Crippen LogP contribution in [0.4, 0.5) is 4.39 Å². The zero-order chi connectivity index (χ0) is 23.7. The second kappa shape index (κ2) is 9.11. The first-order valence-corrected chi connectivity index (χ1v) is 10.5. The highest BCUT2D eigenvalue weighted by molar-refractivity contribution is 6.33. The lowest BCUT2D eigenvalue weighted by Crippen LogP contribution is -2.26. The Kier molecular flexibility index (Phi) is 6.24. The van der Waals surface area contributed by atoms with Crippen molar-refractivity contribution in [3.63, 3.8) is 0 Å². The molecule has 4 rings (SSSR count). The molecule has 6 N–H and O–H groups in total. The number of imidazole rings is 1. The molecule has 0 radical (unpaired) electrons. The van der Waals surface area contributed by atoms with Crippen LogP contribution in [0.5, 0.6) is 0 Å². The van der Waals surface area contributed by atoms with E-state index in [1.807, 2.05) is 0 Å². The molecule has 4 aromatic rings. The van der Waals surface area contributed by atoms with Gasteiger partial charge in [0, 0.05) is 29.0 Å². The van der Waals surface area contributed by atoms with Gasteiger partial charge in [-0.3, -0.25) is 9.20 Å². The van der Waals surface area contributed by atoms with Crippen LogP contribution in [0.1, 0.15) is 21.6 Å². The van der Waals surface area contributed by atoms with E-state index in [2.05, 4.69) is 4.98 Å². The zero-order valence-electron chi connectivity index (χ0n) is 17.2. The molecule has 0 bridgehead atoms. The lowest BCUT2D eigenvalue weighted by molar-refractivity contribution is 0.1000. The van der Waals surface area contributed by atoms with Gasteiger partial charge < -0.3 is 16.5 Å². The number of halogens is 3. The van der Waals surface area contributed by atoms with Crippen LogP contribution in [-0.4, -0.2) is 20.3 Å². The zero-order valence-corrected chi connectivity index (χ0v) is 18.7. The standard InChI is InChI=1S/C23H19Cl2FN6O/c24-15-4-2-14(3-5-15)21-22(32-8-7-16(26)10-20(32)30-21)19(27)12-31(29)11-13-1-6-18(25)17(9-13)23(28)33/h1-10,12H,11,27,29H2,(H2,28,33)/b19-12-. The summed E-state index contributed by atoms with van der Waals surface area (Å²) in [6.07, 6.45) is 3.08. The Morgan fingerprint density at radius 3 is 2.52 bits per heavy atom.